The molecule has 1 aliphatic rings. The zero-order chi connectivity index (χ0) is 15.0. The van der Waals surface area contributed by atoms with Crippen molar-refractivity contribution in [2.75, 3.05) is 18.1 Å². The summed E-state index contributed by atoms with van der Waals surface area (Å²) < 4.78 is 49.5. The lowest BCUT2D eigenvalue weighted by Crippen LogP contribution is -2.30. The second-order valence-corrected chi connectivity index (χ2v) is 9.36. The Hall–Kier alpha value is -0.920. The van der Waals surface area contributed by atoms with Crippen molar-refractivity contribution >= 4 is 19.9 Å². The molecule has 7 heteroatoms. The number of hydrogen-bond acceptors (Lipinski definition) is 4. The number of sulfonamides is 1. The molecule has 0 spiro atoms. The topological polar surface area (TPSA) is 80.3 Å². The van der Waals surface area contributed by atoms with Gasteiger partial charge in [0.05, 0.1) is 16.4 Å². The molecular weight excluding hydrogens is 298 g/mol. The number of hydrogen-bond donors (Lipinski definition) is 1. The van der Waals surface area contributed by atoms with Crippen molar-refractivity contribution in [2.24, 2.45) is 5.92 Å². The summed E-state index contributed by atoms with van der Waals surface area (Å²) in [5.41, 5.74) is 1.95. The van der Waals surface area contributed by atoms with E-state index in [0.717, 1.165) is 11.1 Å². The van der Waals surface area contributed by atoms with Crippen molar-refractivity contribution in [1.82, 2.24) is 4.72 Å². The standard InChI is InChI=1S/C13H19NO4S2/c1-10-3-4-13(7-11(10)2)20(17,18)14-8-12-5-6-19(15,16)9-12/h3-4,7,12,14H,5-6,8-9H2,1-2H3. The molecule has 0 amide bonds. The Morgan fingerprint density at radius 1 is 1.25 bits per heavy atom. The van der Waals surface area contributed by atoms with Gasteiger partial charge in [-0.25, -0.2) is 21.6 Å². The SMILES string of the molecule is Cc1ccc(S(=O)(=O)NCC2CCS(=O)(=O)C2)cc1C. The highest BCUT2D eigenvalue weighted by Crippen LogP contribution is 2.19. The first-order chi connectivity index (χ1) is 9.20. The third kappa shape index (κ3) is 3.59. The van der Waals surface area contributed by atoms with Gasteiger partial charge < -0.3 is 0 Å². The highest BCUT2D eigenvalue weighted by molar-refractivity contribution is 7.91. The van der Waals surface area contributed by atoms with Crippen molar-refractivity contribution in [3.8, 4) is 0 Å². The van der Waals surface area contributed by atoms with Crippen LogP contribution >= 0.6 is 0 Å². The van der Waals surface area contributed by atoms with Crippen LogP contribution in [-0.2, 0) is 19.9 Å². The molecule has 1 N–H and O–H groups in total. The van der Waals surface area contributed by atoms with Crippen molar-refractivity contribution in [1.29, 1.82) is 0 Å². The Balaban J connectivity index is 2.06. The van der Waals surface area contributed by atoms with Gasteiger partial charge in [0.15, 0.2) is 9.84 Å². The smallest absolute Gasteiger partial charge is 0.229 e. The molecule has 0 bridgehead atoms. The molecule has 1 fully saturated rings. The third-order valence-electron chi connectivity index (χ3n) is 3.68. The molecule has 1 aromatic rings. The van der Waals surface area contributed by atoms with Gasteiger partial charge in [-0.2, -0.15) is 0 Å². The fourth-order valence-electron chi connectivity index (χ4n) is 2.22. The van der Waals surface area contributed by atoms with Crippen molar-refractivity contribution in [3.63, 3.8) is 0 Å². The summed E-state index contributed by atoms with van der Waals surface area (Å²) in [4.78, 5) is 0.224. The van der Waals surface area contributed by atoms with E-state index in [-0.39, 0.29) is 28.9 Å². The van der Waals surface area contributed by atoms with Gasteiger partial charge in [0, 0.05) is 6.54 Å². The summed E-state index contributed by atoms with van der Waals surface area (Å²) in [5.74, 6) is 0.104. The molecule has 0 aliphatic carbocycles. The molecule has 1 unspecified atom stereocenters. The van der Waals surface area contributed by atoms with E-state index < -0.39 is 19.9 Å². The van der Waals surface area contributed by atoms with Crippen LogP contribution in [0.4, 0.5) is 0 Å². The second-order valence-electron chi connectivity index (χ2n) is 5.37. The van der Waals surface area contributed by atoms with E-state index in [1.54, 1.807) is 18.2 Å². The van der Waals surface area contributed by atoms with E-state index >= 15 is 0 Å². The van der Waals surface area contributed by atoms with Crippen LogP contribution in [0.5, 0.6) is 0 Å². The van der Waals surface area contributed by atoms with Gasteiger partial charge in [-0.3, -0.25) is 0 Å². The third-order valence-corrected chi connectivity index (χ3v) is 6.94. The molecule has 1 atom stereocenters. The Morgan fingerprint density at radius 3 is 2.50 bits per heavy atom. The summed E-state index contributed by atoms with van der Waals surface area (Å²) in [6, 6.07) is 4.96. The van der Waals surface area contributed by atoms with Crippen LogP contribution < -0.4 is 4.72 Å². The van der Waals surface area contributed by atoms with Crippen molar-refractivity contribution < 1.29 is 16.8 Å². The fraction of sp³-hybridized carbons (Fsp3) is 0.538. The van der Waals surface area contributed by atoms with Gasteiger partial charge in [-0.05, 0) is 49.4 Å². The summed E-state index contributed by atoms with van der Waals surface area (Å²) >= 11 is 0. The summed E-state index contributed by atoms with van der Waals surface area (Å²) in [7, 11) is -6.54. The maximum Gasteiger partial charge on any atom is 0.240 e. The minimum Gasteiger partial charge on any atom is -0.229 e. The van der Waals surface area contributed by atoms with E-state index in [9.17, 15) is 16.8 Å². The molecule has 0 radical (unpaired) electrons. The normalized spacial score (nSPS) is 22.0. The highest BCUT2D eigenvalue weighted by atomic mass is 32.2. The zero-order valence-electron chi connectivity index (χ0n) is 11.6. The quantitative estimate of drug-likeness (QED) is 0.899. The predicted octanol–water partition coefficient (Wildman–Crippen LogP) is 1.02. The van der Waals surface area contributed by atoms with Gasteiger partial charge in [-0.1, -0.05) is 6.07 Å². The van der Waals surface area contributed by atoms with Crippen molar-refractivity contribution in [3.05, 3.63) is 29.3 Å². The van der Waals surface area contributed by atoms with Gasteiger partial charge in [-0.15, -0.1) is 0 Å². The van der Waals surface area contributed by atoms with E-state index in [0.29, 0.717) is 6.42 Å². The first-order valence-electron chi connectivity index (χ1n) is 6.47. The van der Waals surface area contributed by atoms with Gasteiger partial charge in [0.2, 0.25) is 10.0 Å². The van der Waals surface area contributed by atoms with Gasteiger partial charge in [0.1, 0.15) is 0 Å². The number of aryl methyl sites for hydroxylation is 2. The average Bonchev–Trinajstić information content (AvgIpc) is 2.70. The monoisotopic (exact) mass is 317 g/mol. The minimum atomic E-state index is -3.57. The van der Waals surface area contributed by atoms with Gasteiger partial charge in [0.25, 0.3) is 0 Å². The molecule has 1 aromatic carbocycles. The first kappa shape index (κ1) is 15.5. The van der Waals surface area contributed by atoms with Crippen LogP contribution in [0.15, 0.2) is 23.1 Å². The van der Waals surface area contributed by atoms with Crippen LogP contribution in [0, 0.1) is 19.8 Å². The molecule has 1 heterocycles. The van der Waals surface area contributed by atoms with E-state index in [1.807, 2.05) is 13.8 Å². The molecule has 112 valence electrons. The van der Waals surface area contributed by atoms with Crippen LogP contribution in [-0.4, -0.2) is 34.9 Å². The number of rotatable bonds is 4. The Bertz CT molecular complexity index is 708. The number of benzene rings is 1. The van der Waals surface area contributed by atoms with Crippen LogP contribution in [0.1, 0.15) is 17.5 Å². The predicted molar refractivity (Wildman–Crippen MR) is 77.9 cm³/mol. The summed E-state index contributed by atoms with van der Waals surface area (Å²) in [6.45, 7) is 3.95. The molecule has 5 nitrogen and oxygen atoms in total. The minimum absolute atomic E-state index is 0.0719. The Labute approximate surface area is 120 Å². The Morgan fingerprint density at radius 2 is 1.95 bits per heavy atom. The van der Waals surface area contributed by atoms with Crippen LogP contribution in [0.3, 0.4) is 0 Å². The summed E-state index contributed by atoms with van der Waals surface area (Å²) in [5, 5.41) is 0. The molecular formula is C13H19NO4S2. The molecule has 1 aliphatic heterocycles. The zero-order valence-corrected chi connectivity index (χ0v) is 13.2. The summed E-state index contributed by atoms with van der Waals surface area (Å²) in [6.07, 6.45) is 0.526. The largest absolute Gasteiger partial charge is 0.240 e. The van der Waals surface area contributed by atoms with Crippen LogP contribution in [0.2, 0.25) is 0 Å². The molecule has 2 rings (SSSR count). The van der Waals surface area contributed by atoms with E-state index in [4.69, 9.17) is 0 Å². The maximum atomic E-state index is 12.2. The second kappa shape index (κ2) is 5.46. The maximum absolute atomic E-state index is 12.2. The molecule has 0 saturated carbocycles. The lowest BCUT2D eigenvalue weighted by atomic mass is 10.1. The lowest BCUT2D eigenvalue weighted by molar-refractivity contribution is 0.543. The van der Waals surface area contributed by atoms with E-state index in [2.05, 4.69) is 4.72 Å². The first-order valence-corrected chi connectivity index (χ1v) is 9.77. The molecule has 1 saturated heterocycles. The fourth-order valence-corrected chi connectivity index (χ4v) is 5.29. The Kier molecular flexibility index (Phi) is 4.22. The molecule has 0 aromatic heterocycles. The van der Waals surface area contributed by atoms with Crippen LogP contribution in [0.25, 0.3) is 0 Å². The van der Waals surface area contributed by atoms with Crippen molar-refractivity contribution in [2.45, 2.75) is 25.2 Å². The number of nitrogens with one attached hydrogen (secondary N) is 1. The molecule has 20 heavy (non-hydrogen) atoms. The highest BCUT2D eigenvalue weighted by Gasteiger charge is 2.29. The average molecular weight is 317 g/mol. The lowest BCUT2D eigenvalue weighted by Gasteiger charge is -2.11. The van der Waals surface area contributed by atoms with Gasteiger partial charge >= 0.3 is 0 Å². The van der Waals surface area contributed by atoms with E-state index in [1.165, 1.54) is 0 Å². The number of sulfone groups is 1.